The van der Waals surface area contributed by atoms with Crippen molar-refractivity contribution in [1.82, 2.24) is 10.6 Å². The molecule has 2 fully saturated rings. The molecule has 6 nitrogen and oxygen atoms in total. The van der Waals surface area contributed by atoms with E-state index in [4.69, 9.17) is 28.3 Å². The molecule has 2 aliphatic rings. The fraction of sp³-hybridized carbons (Fsp3) is 0.533. The topological polar surface area (TPSA) is 90.5 Å². The molecular weight excluding hydrogens is 540 g/mol. The maximum absolute atomic E-state index is 14.7. The second-order valence-electron chi connectivity index (χ2n) is 11.4. The molecule has 4 N–H and O–H groups in total. The predicted octanol–water partition coefficient (Wildman–Crippen LogP) is 6.55. The van der Waals surface area contributed by atoms with E-state index >= 15 is 0 Å². The Morgan fingerprint density at radius 3 is 2.38 bits per heavy atom. The highest BCUT2D eigenvalue weighted by Crippen LogP contribution is 2.39. The van der Waals surface area contributed by atoms with E-state index in [1.165, 1.54) is 6.07 Å². The van der Waals surface area contributed by atoms with Crippen molar-refractivity contribution in [3.8, 4) is 0 Å². The maximum atomic E-state index is 14.7. The molecule has 1 saturated heterocycles. The molecule has 1 saturated carbocycles. The van der Waals surface area contributed by atoms with Crippen LogP contribution in [0.1, 0.15) is 72.3 Å². The molecule has 1 aliphatic carbocycles. The first-order valence-corrected chi connectivity index (χ1v) is 14.2. The number of rotatable bonds is 6. The number of amides is 2. The van der Waals surface area contributed by atoms with Crippen molar-refractivity contribution in [2.45, 2.75) is 84.4 Å². The van der Waals surface area contributed by atoms with Crippen molar-refractivity contribution in [3.05, 3.63) is 63.9 Å². The summed E-state index contributed by atoms with van der Waals surface area (Å²) in [5, 5.41) is 18.8. The molecule has 0 spiro atoms. The minimum absolute atomic E-state index is 0.0218. The van der Waals surface area contributed by atoms with Crippen LogP contribution in [0.4, 0.5) is 10.1 Å². The first-order valence-electron chi connectivity index (χ1n) is 13.5. The first-order chi connectivity index (χ1) is 18.3. The van der Waals surface area contributed by atoms with Crippen LogP contribution in [0.2, 0.25) is 10.0 Å². The van der Waals surface area contributed by atoms with E-state index in [2.05, 4.69) is 36.7 Å². The summed E-state index contributed by atoms with van der Waals surface area (Å²) < 4.78 is 14.7. The van der Waals surface area contributed by atoms with E-state index in [-0.39, 0.29) is 34.3 Å². The number of halogens is 3. The van der Waals surface area contributed by atoms with Crippen LogP contribution in [0.25, 0.3) is 0 Å². The van der Waals surface area contributed by atoms with E-state index < -0.39 is 17.3 Å². The van der Waals surface area contributed by atoms with Gasteiger partial charge in [-0.25, -0.2) is 4.39 Å². The van der Waals surface area contributed by atoms with Gasteiger partial charge in [-0.1, -0.05) is 76.0 Å². The molecule has 39 heavy (non-hydrogen) atoms. The average Bonchev–Trinajstić information content (AvgIpc) is 3.23. The zero-order valence-corrected chi connectivity index (χ0v) is 25.2. The Morgan fingerprint density at radius 1 is 1.18 bits per heavy atom. The highest BCUT2D eigenvalue weighted by molar-refractivity contribution is 6.31. The van der Waals surface area contributed by atoms with E-state index in [9.17, 15) is 14.0 Å². The van der Waals surface area contributed by atoms with Crippen LogP contribution in [-0.4, -0.2) is 41.7 Å². The second-order valence-corrected chi connectivity index (χ2v) is 12.3. The molecule has 3 atom stereocenters. The minimum Gasteiger partial charge on any atom is -0.390 e. The normalized spacial score (nSPS) is 25.7. The lowest BCUT2D eigenvalue weighted by atomic mass is 9.77. The van der Waals surface area contributed by atoms with Crippen LogP contribution in [-0.2, 0) is 9.59 Å². The van der Waals surface area contributed by atoms with Gasteiger partial charge in [0.25, 0.3) is 0 Å². The SMILES string of the molecule is CC.CC(C)(C)CC1NCC(c2cccc(Cl)c2F)C1C(=O)Nc1cccc(Cl)c1.CC1(O)CC(NC=O)C1. The lowest BCUT2D eigenvalue weighted by Gasteiger charge is -2.40. The summed E-state index contributed by atoms with van der Waals surface area (Å²) >= 11 is 12.0. The Kier molecular flexibility index (Phi) is 12.2. The number of benzene rings is 2. The monoisotopic (exact) mass is 581 g/mol. The van der Waals surface area contributed by atoms with Crippen LogP contribution >= 0.6 is 23.2 Å². The highest BCUT2D eigenvalue weighted by Gasteiger charge is 2.44. The molecule has 0 bridgehead atoms. The number of hydrogen-bond acceptors (Lipinski definition) is 4. The van der Waals surface area contributed by atoms with Crippen molar-refractivity contribution in [2.75, 3.05) is 11.9 Å². The summed E-state index contributed by atoms with van der Waals surface area (Å²) in [6.45, 7) is 12.7. The fourth-order valence-corrected chi connectivity index (χ4v) is 5.53. The largest absolute Gasteiger partial charge is 0.390 e. The van der Waals surface area contributed by atoms with Crippen LogP contribution in [0, 0.1) is 17.2 Å². The van der Waals surface area contributed by atoms with Crippen LogP contribution in [0.15, 0.2) is 42.5 Å². The molecule has 4 rings (SSSR count). The van der Waals surface area contributed by atoms with Gasteiger partial charge in [0.15, 0.2) is 0 Å². The zero-order valence-electron chi connectivity index (χ0n) is 23.7. The summed E-state index contributed by atoms with van der Waals surface area (Å²) in [4.78, 5) is 23.1. The molecule has 9 heteroatoms. The van der Waals surface area contributed by atoms with Crippen LogP contribution in [0.5, 0.6) is 0 Å². The molecule has 0 radical (unpaired) electrons. The first kappa shape index (κ1) is 33.0. The third kappa shape index (κ3) is 9.75. The third-order valence-electron chi connectivity index (χ3n) is 6.75. The second kappa shape index (κ2) is 14.4. The van der Waals surface area contributed by atoms with Gasteiger partial charge >= 0.3 is 0 Å². The highest BCUT2D eigenvalue weighted by atomic mass is 35.5. The van der Waals surface area contributed by atoms with Crippen molar-refractivity contribution >= 4 is 41.2 Å². The smallest absolute Gasteiger partial charge is 0.229 e. The number of carbonyl (C=O) groups excluding carboxylic acids is 2. The van der Waals surface area contributed by atoms with Gasteiger partial charge in [0.2, 0.25) is 12.3 Å². The van der Waals surface area contributed by atoms with Gasteiger partial charge in [0.05, 0.1) is 16.5 Å². The van der Waals surface area contributed by atoms with Crippen LogP contribution < -0.4 is 16.0 Å². The fourth-order valence-electron chi connectivity index (χ4n) is 5.16. The van der Waals surface area contributed by atoms with Gasteiger partial charge < -0.3 is 21.1 Å². The Bertz CT molecular complexity index is 1100. The van der Waals surface area contributed by atoms with Crippen molar-refractivity contribution in [1.29, 1.82) is 0 Å². The van der Waals surface area contributed by atoms with Gasteiger partial charge in [-0.3, -0.25) is 9.59 Å². The summed E-state index contributed by atoms with van der Waals surface area (Å²) in [5.74, 6) is -1.32. The van der Waals surface area contributed by atoms with E-state index in [0.29, 0.717) is 42.1 Å². The van der Waals surface area contributed by atoms with Gasteiger partial charge in [0.1, 0.15) is 5.82 Å². The molecule has 2 aromatic carbocycles. The Balaban J connectivity index is 0.000000407. The van der Waals surface area contributed by atoms with Crippen LogP contribution in [0.3, 0.4) is 0 Å². The van der Waals surface area contributed by atoms with Crippen molar-refractivity contribution in [3.63, 3.8) is 0 Å². The standard InChI is InChI=1S/C22H25Cl2FN2O.C6H11NO2.C2H6/c1-22(2,3)11-18-19(21(28)27-14-7-4-6-13(23)10-14)16(12-26-18)15-8-5-9-17(24)20(15)25;1-6(9)2-5(3-6)7-4-8;1-2/h4-10,16,18-19,26H,11-12H2,1-3H3,(H,27,28);4-5,9H,2-3H2,1H3,(H,7,8);1-2H3. The predicted molar refractivity (Wildman–Crippen MR) is 158 cm³/mol. The third-order valence-corrected chi connectivity index (χ3v) is 7.28. The summed E-state index contributed by atoms with van der Waals surface area (Å²) in [6, 6.07) is 12.1. The Morgan fingerprint density at radius 2 is 1.82 bits per heavy atom. The van der Waals surface area contributed by atoms with Gasteiger partial charge in [0, 0.05) is 35.3 Å². The summed E-state index contributed by atoms with van der Waals surface area (Å²) in [5.41, 5.74) is 0.598. The number of nitrogens with one attached hydrogen (secondary N) is 3. The number of hydrogen-bond donors (Lipinski definition) is 4. The number of anilines is 1. The van der Waals surface area contributed by atoms with Gasteiger partial charge in [-0.05, 0) is 61.4 Å². The molecular formula is C30H42Cl2FN3O3. The van der Waals surface area contributed by atoms with E-state index in [1.54, 1.807) is 43.3 Å². The van der Waals surface area contributed by atoms with Crippen molar-refractivity contribution < 1.29 is 19.1 Å². The lowest BCUT2D eigenvalue weighted by Crippen LogP contribution is -2.51. The molecule has 3 unspecified atom stereocenters. The van der Waals surface area contributed by atoms with E-state index in [1.807, 2.05) is 13.8 Å². The summed E-state index contributed by atoms with van der Waals surface area (Å²) in [6.07, 6.45) is 2.84. The maximum Gasteiger partial charge on any atom is 0.229 e. The van der Waals surface area contributed by atoms with Crippen molar-refractivity contribution in [2.24, 2.45) is 11.3 Å². The van der Waals surface area contributed by atoms with Gasteiger partial charge in [-0.15, -0.1) is 0 Å². The average molecular weight is 583 g/mol. The van der Waals surface area contributed by atoms with Gasteiger partial charge in [-0.2, -0.15) is 0 Å². The molecule has 216 valence electrons. The summed E-state index contributed by atoms with van der Waals surface area (Å²) in [7, 11) is 0. The lowest BCUT2D eigenvalue weighted by molar-refractivity contribution is -0.120. The zero-order chi connectivity index (χ0) is 29.4. The Labute approximate surface area is 242 Å². The number of aliphatic hydroxyl groups is 1. The Hall–Kier alpha value is -2.19. The minimum atomic E-state index is -0.527. The molecule has 0 aromatic heterocycles. The van der Waals surface area contributed by atoms with E-state index in [0.717, 1.165) is 6.42 Å². The number of carbonyl (C=O) groups is 2. The molecule has 1 heterocycles. The quantitative estimate of drug-likeness (QED) is 0.291. The molecule has 2 aromatic rings. The molecule has 2 amide bonds. The molecule has 1 aliphatic heterocycles.